The lowest BCUT2D eigenvalue weighted by Crippen LogP contribution is -2.42. The first kappa shape index (κ1) is 22.0. The molecular weight excluding hydrogens is 374 g/mol. The first-order valence-electron chi connectivity index (χ1n) is 10.8. The molecule has 0 aromatic heterocycles. The summed E-state index contributed by atoms with van der Waals surface area (Å²) in [6.07, 6.45) is 0.945. The van der Waals surface area contributed by atoms with E-state index in [-0.39, 0.29) is 23.8 Å². The molecule has 5 nitrogen and oxygen atoms in total. The third-order valence-electron chi connectivity index (χ3n) is 5.60. The van der Waals surface area contributed by atoms with Crippen molar-refractivity contribution >= 4 is 11.8 Å². The van der Waals surface area contributed by atoms with Crippen LogP contribution in [0.25, 0.3) is 0 Å². The second-order valence-electron chi connectivity index (χ2n) is 9.01. The van der Waals surface area contributed by atoms with Crippen LogP contribution in [-0.4, -0.2) is 54.3 Å². The predicted octanol–water partition coefficient (Wildman–Crippen LogP) is 3.45. The largest absolute Gasteiger partial charge is 0.343 e. The fraction of sp³-hybridized carbons (Fsp3) is 0.440. The molecule has 0 unspecified atom stereocenters. The lowest BCUT2D eigenvalue weighted by Gasteiger charge is -2.22. The average Bonchev–Trinajstić information content (AvgIpc) is 2.97. The molecule has 0 saturated carbocycles. The number of amides is 2. The molecule has 0 atom stereocenters. The van der Waals surface area contributed by atoms with Gasteiger partial charge in [0, 0.05) is 38.3 Å². The molecule has 30 heavy (non-hydrogen) atoms. The summed E-state index contributed by atoms with van der Waals surface area (Å²) in [5, 5.41) is 2.78. The molecule has 1 fully saturated rings. The highest BCUT2D eigenvalue weighted by Crippen LogP contribution is 2.22. The van der Waals surface area contributed by atoms with Crippen molar-refractivity contribution < 1.29 is 9.59 Å². The Morgan fingerprint density at radius 2 is 1.60 bits per heavy atom. The molecule has 2 aromatic carbocycles. The van der Waals surface area contributed by atoms with Gasteiger partial charge in [0.05, 0.1) is 6.54 Å². The van der Waals surface area contributed by atoms with E-state index in [4.69, 9.17) is 0 Å². The number of carbonyl (C=O) groups is 2. The molecule has 0 spiro atoms. The van der Waals surface area contributed by atoms with Gasteiger partial charge in [0.2, 0.25) is 5.91 Å². The van der Waals surface area contributed by atoms with Crippen molar-refractivity contribution in [1.29, 1.82) is 0 Å². The smallest absolute Gasteiger partial charge is 0.251 e. The second-order valence-corrected chi connectivity index (χ2v) is 9.01. The summed E-state index contributed by atoms with van der Waals surface area (Å²) in [6.45, 7) is 10.6. The Morgan fingerprint density at radius 1 is 0.900 bits per heavy atom. The minimum absolute atomic E-state index is 0.0174. The fourth-order valence-electron chi connectivity index (χ4n) is 3.71. The van der Waals surface area contributed by atoms with Gasteiger partial charge in [-0.3, -0.25) is 14.5 Å². The van der Waals surface area contributed by atoms with E-state index in [1.54, 1.807) is 0 Å². The summed E-state index contributed by atoms with van der Waals surface area (Å²) in [5.41, 5.74) is 3.11. The van der Waals surface area contributed by atoms with Crippen LogP contribution in [0.15, 0.2) is 54.6 Å². The van der Waals surface area contributed by atoms with Crippen molar-refractivity contribution in [3.63, 3.8) is 0 Å². The summed E-state index contributed by atoms with van der Waals surface area (Å²) in [4.78, 5) is 29.3. The maximum absolute atomic E-state index is 12.6. The number of hydrogen-bond donors (Lipinski definition) is 1. The van der Waals surface area contributed by atoms with Gasteiger partial charge in [-0.05, 0) is 35.1 Å². The zero-order chi connectivity index (χ0) is 21.6. The molecule has 3 rings (SSSR count). The van der Waals surface area contributed by atoms with Gasteiger partial charge in [0.25, 0.3) is 5.91 Å². The minimum atomic E-state index is -0.204. The molecule has 160 valence electrons. The summed E-state index contributed by atoms with van der Waals surface area (Å²) < 4.78 is 0. The third-order valence-corrected chi connectivity index (χ3v) is 5.60. The summed E-state index contributed by atoms with van der Waals surface area (Å²) in [7, 11) is 0. The zero-order valence-electron chi connectivity index (χ0n) is 18.4. The van der Waals surface area contributed by atoms with Gasteiger partial charge in [0.1, 0.15) is 0 Å². The van der Waals surface area contributed by atoms with Gasteiger partial charge >= 0.3 is 0 Å². The Morgan fingerprint density at radius 3 is 2.27 bits per heavy atom. The molecule has 1 N–H and O–H groups in total. The Bertz CT molecular complexity index is 841. The maximum atomic E-state index is 12.6. The lowest BCUT2D eigenvalue weighted by atomic mass is 9.87. The van der Waals surface area contributed by atoms with Crippen molar-refractivity contribution in [3.05, 3.63) is 71.3 Å². The predicted molar refractivity (Wildman–Crippen MR) is 120 cm³/mol. The molecule has 1 aliphatic heterocycles. The van der Waals surface area contributed by atoms with Crippen LogP contribution < -0.4 is 5.32 Å². The molecule has 0 radical (unpaired) electrons. The monoisotopic (exact) mass is 407 g/mol. The van der Waals surface area contributed by atoms with Crippen LogP contribution in [-0.2, 0) is 16.8 Å². The molecule has 2 amide bonds. The number of carbonyl (C=O) groups excluding carboxylic acids is 2. The van der Waals surface area contributed by atoms with Gasteiger partial charge in [-0.1, -0.05) is 63.2 Å². The van der Waals surface area contributed by atoms with E-state index in [1.165, 1.54) is 11.1 Å². The first-order valence-corrected chi connectivity index (χ1v) is 10.8. The molecule has 1 aliphatic rings. The quantitative estimate of drug-likeness (QED) is 0.826. The number of hydrogen-bond acceptors (Lipinski definition) is 3. The van der Waals surface area contributed by atoms with E-state index in [0.717, 1.165) is 32.6 Å². The van der Waals surface area contributed by atoms with E-state index < -0.39 is 0 Å². The highest BCUT2D eigenvalue weighted by Gasteiger charge is 2.20. The molecule has 0 bridgehead atoms. The first-order chi connectivity index (χ1) is 14.3. The number of nitrogens with one attached hydrogen (secondary N) is 1. The third kappa shape index (κ3) is 6.17. The normalized spacial score (nSPS) is 15.5. The number of rotatable bonds is 5. The molecule has 5 heteroatoms. The highest BCUT2D eigenvalue weighted by atomic mass is 16.2. The van der Waals surface area contributed by atoms with Crippen LogP contribution in [0.3, 0.4) is 0 Å². The van der Waals surface area contributed by atoms with E-state index >= 15 is 0 Å². The van der Waals surface area contributed by atoms with Gasteiger partial charge < -0.3 is 10.2 Å². The van der Waals surface area contributed by atoms with Crippen LogP contribution in [0.1, 0.15) is 48.7 Å². The van der Waals surface area contributed by atoms with Crippen LogP contribution in [0.2, 0.25) is 0 Å². The van der Waals surface area contributed by atoms with Crippen LogP contribution in [0, 0.1) is 0 Å². The van der Waals surface area contributed by atoms with Crippen molar-refractivity contribution in [1.82, 2.24) is 15.1 Å². The molecule has 1 heterocycles. The Hall–Kier alpha value is -2.66. The van der Waals surface area contributed by atoms with Crippen molar-refractivity contribution in [3.8, 4) is 0 Å². The van der Waals surface area contributed by atoms with Crippen LogP contribution >= 0.6 is 0 Å². The van der Waals surface area contributed by atoms with Crippen molar-refractivity contribution in [2.75, 3.05) is 32.7 Å². The van der Waals surface area contributed by atoms with E-state index in [9.17, 15) is 9.59 Å². The molecule has 2 aromatic rings. The number of benzene rings is 2. The average molecular weight is 408 g/mol. The second kappa shape index (κ2) is 9.90. The van der Waals surface area contributed by atoms with Crippen molar-refractivity contribution in [2.24, 2.45) is 0 Å². The van der Waals surface area contributed by atoms with E-state index in [2.05, 4.69) is 55.3 Å². The van der Waals surface area contributed by atoms with Gasteiger partial charge in [-0.2, -0.15) is 0 Å². The maximum Gasteiger partial charge on any atom is 0.251 e. The molecule has 1 saturated heterocycles. The van der Waals surface area contributed by atoms with Crippen LogP contribution in [0.5, 0.6) is 0 Å². The summed E-state index contributed by atoms with van der Waals surface area (Å²) >= 11 is 0. The van der Waals surface area contributed by atoms with E-state index in [0.29, 0.717) is 12.1 Å². The molecular formula is C25H33N3O2. The highest BCUT2D eigenvalue weighted by molar-refractivity contribution is 5.96. The zero-order valence-corrected chi connectivity index (χ0v) is 18.4. The molecule has 0 aliphatic carbocycles. The Labute approximate surface area is 180 Å². The van der Waals surface area contributed by atoms with Gasteiger partial charge in [-0.25, -0.2) is 0 Å². The van der Waals surface area contributed by atoms with Crippen LogP contribution in [0.4, 0.5) is 0 Å². The minimum Gasteiger partial charge on any atom is -0.343 e. The van der Waals surface area contributed by atoms with Gasteiger partial charge in [-0.15, -0.1) is 0 Å². The SMILES string of the molecule is CC(C)(C)c1ccc(C(=O)NCC(=O)N2CCCN(Cc3ccccc3)CC2)cc1. The Balaban J connectivity index is 1.47. The summed E-state index contributed by atoms with van der Waals surface area (Å²) in [5.74, 6) is -0.222. The van der Waals surface area contributed by atoms with Gasteiger partial charge in [0.15, 0.2) is 0 Å². The fourth-order valence-corrected chi connectivity index (χ4v) is 3.71. The van der Waals surface area contributed by atoms with E-state index in [1.807, 2.05) is 35.2 Å². The van der Waals surface area contributed by atoms with Crippen molar-refractivity contribution in [2.45, 2.75) is 39.2 Å². The topological polar surface area (TPSA) is 52.7 Å². The lowest BCUT2D eigenvalue weighted by molar-refractivity contribution is -0.130. The standard InChI is InChI=1S/C25H33N3O2/c1-25(2,3)22-12-10-21(11-13-22)24(30)26-18-23(29)28-15-7-14-27(16-17-28)19-20-8-5-4-6-9-20/h4-6,8-13H,7,14-19H2,1-3H3,(H,26,30). The Kier molecular flexibility index (Phi) is 7.27. The summed E-state index contributed by atoms with van der Waals surface area (Å²) in [6, 6.07) is 18.0. The number of nitrogens with zero attached hydrogens (tertiary/aromatic N) is 2.